The highest BCUT2D eigenvalue weighted by Gasteiger charge is 2.16. The first kappa shape index (κ1) is 15.1. The predicted octanol–water partition coefficient (Wildman–Crippen LogP) is 3.38. The number of hydrogen-bond acceptors (Lipinski definition) is 3. The second-order valence-electron chi connectivity index (χ2n) is 4.63. The molecule has 0 aliphatic heterocycles. The van der Waals surface area contributed by atoms with Gasteiger partial charge in [0.2, 0.25) is 0 Å². The quantitative estimate of drug-likeness (QED) is 0.679. The third-order valence-electron chi connectivity index (χ3n) is 3.27. The van der Waals surface area contributed by atoms with Crippen molar-refractivity contribution in [1.82, 2.24) is 5.32 Å². The molecule has 0 aromatic heterocycles. The topological polar surface area (TPSA) is 55.2 Å². The highest BCUT2D eigenvalue weighted by Crippen LogP contribution is 2.23. The first-order chi connectivity index (χ1) is 10.0. The standard InChI is InChI=1S/C15H14F2N2O2/c1-18-15(13-9-11(16)4-7-14(13)17)8-10-2-5-12(6-3-10)19(20)21/h2-7,9,15,18H,8H2,1H3. The molecule has 4 nitrogen and oxygen atoms in total. The summed E-state index contributed by atoms with van der Waals surface area (Å²) in [5.41, 5.74) is 1.02. The summed E-state index contributed by atoms with van der Waals surface area (Å²) in [6.45, 7) is 0. The zero-order chi connectivity index (χ0) is 15.4. The lowest BCUT2D eigenvalue weighted by Gasteiger charge is -2.17. The normalized spacial score (nSPS) is 12.1. The molecule has 0 fully saturated rings. The first-order valence-corrected chi connectivity index (χ1v) is 6.37. The average molecular weight is 292 g/mol. The molecule has 1 unspecified atom stereocenters. The van der Waals surface area contributed by atoms with Gasteiger partial charge in [0, 0.05) is 23.7 Å². The molecule has 6 heteroatoms. The number of nitro benzene ring substituents is 1. The summed E-state index contributed by atoms with van der Waals surface area (Å²) in [6, 6.07) is 8.90. The van der Waals surface area contributed by atoms with Crippen LogP contribution in [0.25, 0.3) is 0 Å². The van der Waals surface area contributed by atoms with Gasteiger partial charge in [-0.25, -0.2) is 8.78 Å². The molecule has 0 aliphatic rings. The number of rotatable bonds is 5. The van der Waals surface area contributed by atoms with Gasteiger partial charge in [-0.3, -0.25) is 10.1 Å². The Hall–Kier alpha value is -2.34. The highest BCUT2D eigenvalue weighted by atomic mass is 19.1. The van der Waals surface area contributed by atoms with Crippen molar-refractivity contribution in [1.29, 1.82) is 0 Å². The summed E-state index contributed by atoms with van der Waals surface area (Å²) in [5.74, 6) is -0.993. The van der Waals surface area contributed by atoms with Crippen molar-refractivity contribution >= 4 is 5.69 Å². The maximum Gasteiger partial charge on any atom is 0.269 e. The smallest absolute Gasteiger partial charge is 0.269 e. The minimum absolute atomic E-state index is 0.00306. The van der Waals surface area contributed by atoms with Crippen LogP contribution in [0.15, 0.2) is 42.5 Å². The summed E-state index contributed by atoms with van der Waals surface area (Å²) in [7, 11) is 1.65. The Morgan fingerprint density at radius 3 is 2.43 bits per heavy atom. The van der Waals surface area contributed by atoms with Crippen LogP contribution < -0.4 is 5.32 Å². The fourth-order valence-electron chi connectivity index (χ4n) is 2.14. The Morgan fingerprint density at radius 1 is 1.19 bits per heavy atom. The third kappa shape index (κ3) is 3.61. The molecule has 0 aliphatic carbocycles. The monoisotopic (exact) mass is 292 g/mol. The fraction of sp³-hybridized carbons (Fsp3) is 0.200. The van der Waals surface area contributed by atoms with E-state index in [1.165, 1.54) is 12.1 Å². The van der Waals surface area contributed by atoms with Gasteiger partial charge in [-0.1, -0.05) is 12.1 Å². The number of non-ortho nitro benzene ring substituents is 1. The molecule has 2 rings (SSSR count). The number of nitrogens with zero attached hydrogens (tertiary/aromatic N) is 1. The van der Waals surface area contributed by atoms with Gasteiger partial charge in [0.1, 0.15) is 11.6 Å². The van der Waals surface area contributed by atoms with Gasteiger partial charge in [0.15, 0.2) is 0 Å². The van der Waals surface area contributed by atoms with Crippen LogP contribution in [0.3, 0.4) is 0 Å². The van der Waals surface area contributed by atoms with Crippen molar-refractivity contribution in [3.8, 4) is 0 Å². The van der Waals surface area contributed by atoms with E-state index in [9.17, 15) is 18.9 Å². The van der Waals surface area contributed by atoms with E-state index in [2.05, 4.69) is 5.32 Å². The van der Waals surface area contributed by atoms with Crippen molar-refractivity contribution in [2.45, 2.75) is 12.5 Å². The van der Waals surface area contributed by atoms with Gasteiger partial charge in [0.05, 0.1) is 4.92 Å². The SMILES string of the molecule is CNC(Cc1ccc([N+](=O)[O-])cc1)c1cc(F)ccc1F. The maximum atomic E-state index is 13.8. The Morgan fingerprint density at radius 2 is 1.86 bits per heavy atom. The molecule has 110 valence electrons. The molecule has 0 saturated heterocycles. The molecule has 21 heavy (non-hydrogen) atoms. The molecule has 0 amide bonds. The second-order valence-corrected chi connectivity index (χ2v) is 4.63. The minimum Gasteiger partial charge on any atom is -0.313 e. The summed E-state index contributed by atoms with van der Waals surface area (Å²) in [4.78, 5) is 10.1. The molecule has 1 atom stereocenters. The molecule has 2 aromatic carbocycles. The zero-order valence-electron chi connectivity index (χ0n) is 11.3. The Bertz CT molecular complexity index is 645. The number of nitrogens with one attached hydrogen (secondary N) is 1. The van der Waals surface area contributed by atoms with E-state index in [-0.39, 0.29) is 11.3 Å². The molecule has 0 spiro atoms. The minimum atomic E-state index is -0.504. The van der Waals surface area contributed by atoms with Crippen molar-refractivity contribution in [2.75, 3.05) is 7.05 Å². The Kier molecular flexibility index (Phi) is 4.59. The summed E-state index contributed by atoms with van der Waals surface area (Å²) in [5, 5.41) is 13.5. The van der Waals surface area contributed by atoms with Crippen molar-refractivity contribution < 1.29 is 13.7 Å². The molecule has 0 saturated carbocycles. The van der Waals surface area contributed by atoms with Crippen molar-refractivity contribution in [3.63, 3.8) is 0 Å². The lowest BCUT2D eigenvalue weighted by atomic mass is 9.98. The summed E-state index contributed by atoms with van der Waals surface area (Å²) in [6.07, 6.45) is 0.398. The van der Waals surface area contributed by atoms with Crippen LogP contribution >= 0.6 is 0 Å². The predicted molar refractivity (Wildman–Crippen MR) is 75.0 cm³/mol. The number of benzene rings is 2. The lowest BCUT2D eigenvalue weighted by Crippen LogP contribution is -2.20. The van der Waals surface area contributed by atoms with Gasteiger partial charge in [-0.05, 0) is 37.2 Å². The molecule has 2 aromatic rings. The number of likely N-dealkylation sites (N-methyl/N-ethyl adjacent to an activating group) is 1. The van der Waals surface area contributed by atoms with E-state index in [1.807, 2.05) is 0 Å². The van der Waals surface area contributed by atoms with Gasteiger partial charge >= 0.3 is 0 Å². The van der Waals surface area contributed by atoms with Crippen molar-refractivity contribution in [2.24, 2.45) is 0 Å². The van der Waals surface area contributed by atoms with Gasteiger partial charge in [-0.2, -0.15) is 0 Å². The van der Waals surface area contributed by atoms with Gasteiger partial charge < -0.3 is 5.32 Å². The highest BCUT2D eigenvalue weighted by molar-refractivity contribution is 5.34. The number of nitro groups is 1. The van der Waals surface area contributed by atoms with Crippen LogP contribution in [-0.4, -0.2) is 12.0 Å². The van der Waals surface area contributed by atoms with E-state index >= 15 is 0 Å². The third-order valence-corrected chi connectivity index (χ3v) is 3.27. The van der Waals surface area contributed by atoms with Crippen LogP contribution in [0.4, 0.5) is 14.5 Å². The van der Waals surface area contributed by atoms with Crippen LogP contribution in [0.1, 0.15) is 17.2 Å². The van der Waals surface area contributed by atoms with E-state index < -0.39 is 22.6 Å². The van der Waals surface area contributed by atoms with Crippen molar-refractivity contribution in [3.05, 3.63) is 75.3 Å². The molecular weight excluding hydrogens is 278 g/mol. The summed E-state index contributed by atoms with van der Waals surface area (Å²) < 4.78 is 27.0. The average Bonchev–Trinajstić information content (AvgIpc) is 2.48. The lowest BCUT2D eigenvalue weighted by molar-refractivity contribution is -0.384. The fourth-order valence-corrected chi connectivity index (χ4v) is 2.14. The van der Waals surface area contributed by atoms with Crippen LogP contribution in [0.2, 0.25) is 0 Å². The zero-order valence-corrected chi connectivity index (χ0v) is 11.3. The molecule has 0 heterocycles. The molecule has 0 radical (unpaired) electrons. The number of halogens is 2. The van der Waals surface area contributed by atoms with E-state index in [0.717, 1.165) is 23.8 Å². The van der Waals surface area contributed by atoms with Crippen LogP contribution in [0, 0.1) is 21.7 Å². The maximum absolute atomic E-state index is 13.8. The molecular formula is C15H14F2N2O2. The Balaban J connectivity index is 2.22. The number of hydrogen-bond donors (Lipinski definition) is 1. The van der Waals surface area contributed by atoms with Crippen LogP contribution in [-0.2, 0) is 6.42 Å². The largest absolute Gasteiger partial charge is 0.313 e. The summed E-state index contributed by atoms with van der Waals surface area (Å²) >= 11 is 0. The van der Waals surface area contributed by atoms with E-state index in [1.54, 1.807) is 19.2 Å². The first-order valence-electron chi connectivity index (χ1n) is 6.37. The Labute approximate surface area is 120 Å². The van der Waals surface area contributed by atoms with Gasteiger partial charge in [0.25, 0.3) is 5.69 Å². The molecule has 1 N–H and O–H groups in total. The van der Waals surface area contributed by atoms with Crippen LogP contribution in [0.5, 0.6) is 0 Å². The molecule has 0 bridgehead atoms. The van der Waals surface area contributed by atoms with E-state index in [0.29, 0.717) is 6.42 Å². The van der Waals surface area contributed by atoms with Gasteiger partial charge in [-0.15, -0.1) is 0 Å². The van der Waals surface area contributed by atoms with E-state index in [4.69, 9.17) is 0 Å². The second kappa shape index (κ2) is 6.41.